The molecule has 0 amide bonds. The lowest BCUT2D eigenvalue weighted by atomic mass is 10.0. The van der Waals surface area contributed by atoms with Crippen LogP contribution in [-0.2, 0) is 37.5 Å². The highest BCUT2D eigenvalue weighted by molar-refractivity contribution is 7.47. The monoisotopic (exact) mass is 721 g/mol. The fraction of sp³-hybridized carbons (Fsp3) is 0.919. The summed E-state index contributed by atoms with van der Waals surface area (Å²) in [4.78, 5) is 45.7. The summed E-state index contributed by atoms with van der Waals surface area (Å²) in [6.07, 6.45) is 28.9. The van der Waals surface area contributed by atoms with E-state index in [1.165, 1.54) is 109 Å². The number of hydrogen-bond acceptors (Lipinski definition) is 9. The van der Waals surface area contributed by atoms with Gasteiger partial charge in [0.05, 0.1) is 13.2 Å². The number of carbonyl (C=O) groups excluding carboxylic acids is 2. The van der Waals surface area contributed by atoms with Crippen LogP contribution in [0.1, 0.15) is 187 Å². The normalized spacial score (nSPS) is 13.9. The molecule has 0 radical (unpaired) electrons. The van der Waals surface area contributed by atoms with Crippen molar-refractivity contribution in [3.8, 4) is 0 Å². The summed E-state index contributed by atoms with van der Waals surface area (Å²) in [5, 5.41) is 8.85. The fourth-order valence-corrected chi connectivity index (χ4v) is 6.26. The maximum absolute atomic E-state index is 12.6. The molecular weight excluding hydrogens is 649 g/mol. The highest BCUT2D eigenvalue weighted by Gasteiger charge is 2.28. The molecule has 0 aliphatic rings. The van der Waals surface area contributed by atoms with Crippen LogP contribution < -0.4 is 5.73 Å². The van der Waals surface area contributed by atoms with Gasteiger partial charge in [-0.2, -0.15) is 0 Å². The number of carbonyl (C=O) groups is 3. The van der Waals surface area contributed by atoms with Crippen molar-refractivity contribution in [3.63, 3.8) is 0 Å². The molecule has 0 spiro atoms. The first-order valence-electron chi connectivity index (χ1n) is 19.6. The zero-order chi connectivity index (χ0) is 36.4. The summed E-state index contributed by atoms with van der Waals surface area (Å²) in [5.74, 6) is -2.37. The van der Waals surface area contributed by atoms with E-state index in [-0.39, 0.29) is 19.4 Å². The van der Waals surface area contributed by atoms with Gasteiger partial charge in [-0.15, -0.1) is 0 Å². The number of carboxylic acid groups (broad SMARTS) is 1. The van der Waals surface area contributed by atoms with Gasteiger partial charge in [0.25, 0.3) is 0 Å². The van der Waals surface area contributed by atoms with Crippen molar-refractivity contribution in [1.29, 1.82) is 0 Å². The second kappa shape index (κ2) is 33.6. The Morgan fingerprint density at radius 2 is 0.898 bits per heavy atom. The number of aliphatic carboxylic acids is 1. The van der Waals surface area contributed by atoms with Gasteiger partial charge in [0.1, 0.15) is 12.6 Å². The molecule has 0 heterocycles. The number of hydrogen-bond donors (Lipinski definition) is 3. The van der Waals surface area contributed by atoms with E-state index in [0.717, 1.165) is 38.5 Å². The Kier molecular flexibility index (Phi) is 32.6. The van der Waals surface area contributed by atoms with Crippen molar-refractivity contribution in [3.05, 3.63) is 0 Å². The van der Waals surface area contributed by atoms with Gasteiger partial charge in [-0.3, -0.25) is 23.4 Å². The second-order valence-corrected chi connectivity index (χ2v) is 14.9. The number of unbranched alkanes of at least 4 members (excludes halogenated alkanes) is 23. The molecule has 0 saturated heterocycles. The lowest BCUT2D eigenvalue weighted by Crippen LogP contribution is -2.34. The van der Waals surface area contributed by atoms with Crippen molar-refractivity contribution in [2.24, 2.45) is 5.73 Å². The van der Waals surface area contributed by atoms with E-state index in [2.05, 4.69) is 18.4 Å². The summed E-state index contributed by atoms with van der Waals surface area (Å²) >= 11 is 0. The molecule has 0 aromatic carbocycles. The van der Waals surface area contributed by atoms with Crippen LogP contribution in [0, 0.1) is 0 Å². The number of esters is 2. The maximum Gasteiger partial charge on any atom is 0.472 e. The molecular formula is C37H72NO10P. The zero-order valence-electron chi connectivity index (χ0n) is 31.1. The highest BCUT2D eigenvalue weighted by atomic mass is 31.2. The minimum Gasteiger partial charge on any atom is -0.480 e. The van der Waals surface area contributed by atoms with Crippen LogP contribution in [0.2, 0.25) is 0 Å². The minimum atomic E-state index is -4.70. The Morgan fingerprint density at radius 3 is 1.29 bits per heavy atom. The predicted octanol–water partition coefficient (Wildman–Crippen LogP) is 9.56. The third-order valence-corrected chi connectivity index (χ3v) is 9.56. The Bertz CT molecular complexity index is 859. The van der Waals surface area contributed by atoms with E-state index in [4.69, 9.17) is 24.8 Å². The number of phosphoric ester groups is 1. The molecule has 0 fully saturated rings. The molecule has 49 heavy (non-hydrogen) atoms. The number of carboxylic acids is 1. The molecule has 1 unspecified atom stereocenters. The molecule has 0 aromatic rings. The molecule has 0 saturated carbocycles. The van der Waals surface area contributed by atoms with E-state index < -0.39 is 51.1 Å². The predicted molar refractivity (Wildman–Crippen MR) is 194 cm³/mol. The molecule has 0 aromatic heterocycles. The largest absolute Gasteiger partial charge is 0.480 e. The quantitative estimate of drug-likeness (QED) is 0.0317. The molecule has 0 aliphatic carbocycles. The minimum absolute atomic E-state index is 0.169. The summed E-state index contributed by atoms with van der Waals surface area (Å²) < 4.78 is 32.5. The van der Waals surface area contributed by atoms with Crippen LogP contribution in [0.5, 0.6) is 0 Å². The standard InChI is InChI=1S/C37H72NO10P/c1-3-5-7-9-11-13-15-16-17-18-19-21-23-25-27-29-36(40)48-33(31-46-49(43,44)47-32-34(38)37(41)42)30-45-35(39)28-26-24-22-20-14-12-10-8-6-4-2/h33-34H,3-32,38H2,1-2H3,(H,41,42)(H,43,44)/t33-,34+/m1/s1. The first-order valence-corrected chi connectivity index (χ1v) is 21.1. The van der Waals surface area contributed by atoms with Gasteiger partial charge in [-0.25, -0.2) is 4.57 Å². The summed E-state index contributed by atoms with van der Waals surface area (Å²) in [5.41, 5.74) is 5.31. The van der Waals surface area contributed by atoms with E-state index in [9.17, 15) is 23.8 Å². The Hall–Kier alpha value is -1.52. The third kappa shape index (κ3) is 33.4. The third-order valence-electron chi connectivity index (χ3n) is 8.61. The molecule has 4 N–H and O–H groups in total. The SMILES string of the molecule is CCCCCCCCCCCCCCCCCC(=O)O[C@H](COC(=O)CCCCCCCCCCCC)COP(=O)(O)OC[C@H](N)C(=O)O. The first-order chi connectivity index (χ1) is 23.6. The van der Waals surface area contributed by atoms with Crippen LogP contribution in [0.25, 0.3) is 0 Å². The Labute approximate surface area is 297 Å². The molecule has 12 heteroatoms. The Balaban J connectivity index is 4.38. The highest BCUT2D eigenvalue weighted by Crippen LogP contribution is 2.43. The van der Waals surface area contributed by atoms with Gasteiger partial charge in [0.15, 0.2) is 6.10 Å². The van der Waals surface area contributed by atoms with E-state index in [0.29, 0.717) is 12.8 Å². The summed E-state index contributed by atoms with van der Waals surface area (Å²) in [7, 11) is -4.70. The van der Waals surface area contributed by atoms with Crippen molar-refractivity contribution >= 4 is 25.7 Å². The molecule has 0 bridgehead atoms. The van der Waals surface area contributed by atoms with E-state index >= 15 is 0 Å². The van der Waals surface area contributed by atoms with Gasteiger partial charge < -0.3 is 25.2 Å². The average Bonchev–Trinajstić information content (AvgIpc) is 3.07. The fourth-order valence-electron chi connectivity index (χ4n) is 5.48. The van der Waals surface area contributed by atoms with Crippen molar-refractivity contribution in [1.82, 2.24) is 0 Å². The first kappa shape index (κ1) is 47.5. The zero-order valence-corrected chi connectivity index (χ0v) is 31.9. The van der Waals surface area contributed by atoms with Crippen LogP contribution in [0.3, 0.4) is 0 Å². The van der Waals surface area contributed by atoms with Gasteiger partial charge >= 0.3 is 25.7 Å². The van der Waals surface area contributed by atoms with Gasteiger partial charge in [0.2, 0.25) is 0 Å². The van der Waals surface area contributed by atoms with Crippen molar-refractivity contribution in [2.75, 3.05) is 19.8 Å². The molecule has 3 atom stereocenters. The number of rotatable bonds is 37. The van der Waals surface area contributed by atoms with Crippen LogP contribution in [-0.4, -0.2) is 59.9 Å². The van der Waals surface area contributed by atoms with Crippen LogP contribution >= 0.6 is 7.82 Å². The van der Waals surface area contributed by atoms with Crippen molar-refractivity contribution < 1.29 is 47.5 Å². The summed E-state index contributed by atoms with van der Waals surface area (Å²) in [6.45, 7) is 2.79. The Morgan fingerprint density at radius 1 is 0.551 bits per heavy atom. The van der Waals surface area contributed by atoms with Gasteiger partial charge in [-0.1, -0.05) is 162 Å². The van der Waals surface area contributed by atoms with Crippen LogP contribution in [0.4, 0.5) is 0 Å². The number of phosphoric acid groups is 1. The molecule has 290 valence electrons. The molecule has 11 nitrogen and oxygen atoms in total. The topological polar surface area (TPSA) is 172 Å². The second-order valence-electron chi connectivity index (χ2n) is 13.4. The maximum atomic E-state index is 12.6. The lowest BCUT2D eigenvalue weighted by Gasteiger charge is -2.20. The van der Waals surface area contributed by atoms with E-state index in [1.54, 1.807) is 0 Å². The molecule has 0 rings (SSSR count). The van der Waals surface area contributed by atoms with Gasteiger partial charge in [-0.05, 0) is 12.8 Å². The average molecular weight is 722 g/mol. The number of ether oxygens (including phenoxy) is 2. The summed E-state index contributed by atoms with van der Waals surface area (Å²) in [6, 6.07) is -1.51. The van der Waals surface area contributed by atoms with E-state index in [1.807, 2.05) is 0 Å². The lowest BCUT2D eigenvalue weighted by molar-refractivity contribution is -0.161. The smallest absolute Gasteiger partial charge is 0.472 e. The molecule has 0 aliphatic heterocycles. The van der Waals surface area contributed by atoms with Crippen molar-refractivity contribution in [2.45, 2.75) is 199 Å². The van der Waals surface area contributed by atoms with Crippen LogP contribution in [0.15, 0.2) is 0 Å². The van der Waals surface area contributed by atoms with Gasteiger partial charge in [0, 0.05) is 12.8 Å². The number of nitrogens with two attached hydrogens (primary N) is 1.